The minimum Gasteiger partial charge on any atom is -0.369 e. The second kappa shape index (κ2) is 15.7. The minimum absolute atomic E-state index is 0.441. The van der Waals surface area contributed by atoms with Gasteiger partial charge in [-0.15, -0.1) is 10.2 Å². The van der Waals surface area contributed by atoms with Gasteiger partial charge in [0.05, 0.1) is 46.2 Å². The number of likely N-dealkylation sites (N-methyl/N-ethyl adjacent to an activating group) is 2. The molecule has 0 amide bonds. The van der Waals surface area contributed by atoms with Crippen LogP contribution in [0, 0.1) is 13.8 Å². The number of benzene rings is 2. The van der Waals surface area contributed by atoms with Crippen molar-refractivity contribution < 1.29 is 0 Å². The van der Waals surface area contributed by atoms with Crippen LogP contribution < -0.4 is 19.8 Å². The first-order valence-electron chi connectivity index (χ1n) is 20.6. The molecule has 2 aromatic carbocycles. The molecular formula is C46H48N14. The molecule has 302 valence electrons. The van der Waals surface area contributed by atoms with E-state index in [1.54, 1.807) is 0 Å². The van der Waals surface area contributed by atoms with Crippen LogP contribution in [0.25, 0.3) is 33.5 Å². The highest BCUT2D eigenvalue weighted by molar-refractivity contribution is 5.76. The summed E-state index contributed by atoms with van der Waals surface area (Å²) in [6.07, 6.45) is 11.2. The molecule has 10 rings (SSSR count). The van der Waals surface area contributed by atoms with Crippen molar-refractivity contribution in [2.75, 3.05) is 86.3 Å². The Morgan fingerprint density at radius 2 is 0.850 bits per heavy atom. The molecule has 0 aliphatic carbocycles. The predicted molar refractivity (Wildman–Crippen MR) is 238 cm³/mol. The molecule has 2 aliphatic rings. The molecule has 14 heteroatoms. The average Bonchev–Trinajstić information content (AvgIpc) is 3.91. The highest BCUT2D eigenvalue weighted by atomic mass is 15.7. The lowest BCUT2D eigenvalue weighted by Crippen LogP contribution is -2.44. The van der Waals surface area contributed by atoms with Crippen molar-refractivity contribution in [1.29, 1.82) is 0 Å². The summed E-state index contributed by atoms with van der Waals surface area (Å²) in [6.45, 7) is 12.2. The third-order valence-corrected chi connectivity index (χ3v) is 11.9. The first-order chi connectivity index (χ1) is 29.4. The molecular weight excluding hydrogens is 749 g/mol. The fraction of sp³-hybridized carbons (Fsp3) is 0.261. The van der Waals surface area contributed by atoms with E-state index in [9.17, 15) is 0 Å². The highest BCUT2D eigenvalue weighted by Gasteiger charge is 2.29. The van der Waals surface area contributed by atoms with E-state index >= 15 is 0 Å². The Morgan fingerprint density at radius 1 is 0.450 bits per heavy atom. The van der Waals surface area contributed by atoms with Gasteiger partial charge in [0.1, 0.15) is 0 Å². The number of aromatic nitrogens is 8. The Balaban J connectivity index is 1.16. The molecule has 8 aromatic rings. The molecule has 0 atom stereocenters. The standard InChI is InChI=1S/C46H48N14/c1-33-17-19-47-31-41(33)43-15-13-39-29-49-45(51-57(39)43)59(37-9-5-35(6-10-37)55-25-21-53(3)22-26-55)60(38-11-7-36(8-12-38)56-27-23-54(4)24-28-56)46-50-30-40-14-16-44(58(40)52-46)42-32-48-20-18-34(42)2/h5-20,29-32H,21-28H2,1-4H3. The molecule has 14 nitrogen and oxygen atoms in total. The van der Waals surface area contributed by atoms with Crippen molar-refractivity contribution in [2.24, 2.45) is 0 Å². The topological polar surface area (TPSA) is 106 Å². The predicted octanol–water partition coefficient (Wildman–Crippen LogP) is 6.91. The molecule has 0 unspecified atom stereocenters. The normalized spacial score (nSPS) is 15.3. The second-order valence-electron chi connectivity index (χ2n) is 15.8. The zero-order valence-electron chi connectivity index (χ0n) is 34.5. The molecule has 0 radical (unpaired) electrons. The Morgan fingerprint density at radius 3 is 1.23 bits per heavy atom. The molecule has 60 heavy (non-hydrogen) atoms. The van der Waals surface area contributed by atoms with E-state index in [1.807, 2.05) is 80.5 Å². The molecule has 0 N–H and O–H groups in total. The van der Waals surface area contributed by atoms with E-state index in [0.717, 1.165) is 108 Å². The highest BCUT2D eigenvalue weighted by Crippen LogP contribution is 2.37. The van der Waals surface area contributed by atoms with Gasteiger partial charge in [0.2, 0.25) is 0 Å². The number of pyridine rings is 2. The van der Waals surface area contributed by atoms with Crippen LogP contribution in [0.4, 0.5) is 34.6 Å². The summed E-state index contributed by atoms with van der Waals surface area (Å²) >= 11 is 0. The van der Waals surface area contributed by atoms with Gasteiger partial charge in [0.25, 0.3) is 11.9 Å². The lowest BCUT2D eigenvalue weighted by Gasteiger charge is -2.37. The summed E-state index contributed by atoms with van der Waals surface area (Å²) in [5.41, 5.74) is 11.8. The number of nitrogens with zero attached hydrogens (tertiary/aromatic N) is 14. The SMILES string of the molecule is Cc1ccncc1-c1ccc2cnc(N(c3ccc(N4CCN(C)CC4)cc3)N(c3ccc(N4CCN(C)CC4)cc3)c3ncc4ccc(-c5cnccc5C)n4n3)nn12. The monoisotopic (exact) mass is 796 g/mol. The van der Waals surface area contributed by atoms with Crippen LogP contribution in [0.5, 0.6) is 0 Å². The molecule has 6 aromatic heterocycles. The van der Waals surface area contributed by atoms with E-state index < -0.39 is 0 Å². The number of hydrogen-bond donors (Lipinski definition) is 0. The van der Waals surface area contributed by atoms with Crippen LogP contribution in [0.2, 0.25) is 0 Å². The first kappa shape index (κ1) is 37.4. The molecule has 2 fully saturated rings. The average molecular weight is 797 g/mol. The summed E-state index contributed by atoms with van der Waals surface area (Å²) < 4.78 is 3.90. The zero-order valence-corrected chi connectivity index (χ0v) is 34.5. The molecule has 8 heterocycles. The summed E-state index contributed by atoms with van der Waals surface area (Å²) in [5, 5.41) is 14.7. The molecule has 2 aliphatic heterocycles. The second-order valence-corrected chi connectivity index (χ2v) is 15.8. The fourth-order valence-corrected chi connectivity index (χ4v) is 8.23. The van der Waals surface area contributed by atoms with Crippen molar-refractivity contribution in [3.63, 3.8) is 0 Å². The summed E-state index contributed by atoms with van der Waals surface area (Å²) in [7, 11) is 4.36. The van der Waals surface area contributed by atoms with Crippen LogP contribution >= 0.6 is 0 Å². The minimum atomic E-state index is 0.441. The van der Waals surface area contributed by atoms with Gasteiger partial charge in [-0.25, -0.2) is 29.0 Å². The fourth-order valence-electron chi connectivity index (χ4n) is 8.23. The van der Waals surface area contributed by atoms with E-state index in [0.29, 0.717) is 11.9 Å². The number of anilines is 6. The van der Waals surface area contributed by atoms with Crippen molar-refractivity contribution in [2.45, 2.75) is 13.8 Å². The lowest BCUT2D eigenvalue weighted by molar-refractivity contribution is 0.313. The maximum Gasteiger partial charge on any atom is 0.267 e. The van der Waals surface area contributed by atoms with Crippen LogP contribution in [0.1, 0.15) is 11.1 Å². The summed E-state index contributed by atoms with van der Waals surface area (Å²) in [4.78, 5) is 28.7. The van der Waals surface area contributed by atoms with E-state index in [4.69, 9.17) is 20.2 Å². The van der Waals surface area contributed by atoms with Crippen LogP contribution in [0.15, 0.2) is 122 Å². The van der Waals surface area contributed by atoms with Gasteiger partial charge in [-0.05, 0) is 124 Å². The third-order valence-electron chi connectivity index (χ3n) is 11.9. The largest absolute Gasteiger partial charge is 0.369 e. The number of aryl methyl sites for hydroxylation is 2. The summed E-state index contributed by atoms with van der Waals surface area (Å²) in [6, 6.07) is 29.6. The molecule has 0 bridgehead atoms. The van der Waals surface area contributed by atoms with Gasteiger partial charge in [-0.1, -0.05) is 0 Å². The number of rotatable bonds is 9. The Hall–Kier alpha value is -6.90. The van der Waals surface area contributed by atoms with E-state index in [2.05, 4.69) is 118 Å². The first-order valence-corrected chi connectivity index (χ1v) is 20.6. The van der Waals surface area contributed by atoms with Gasteiger partial charge in [0.15, 0.2) is 0 Å². The van der Waals surface area contributed by atoms with E-state index in [1.165, 1.54) is 11.4 Å². The number of piperazine rings is 2. The van der Waals surface area contributed by atoms with Gasteiger partial charge < -0.3 is 19.6 Å². The molecule has 2 saturated heterocycles. The Labute approximate surface area is 349 Å². The van der Waals surface area contributed by atoms with Crippen molar-refractivity contribution >= 4 is 45.7 Å². The summed E-state index contributed by atoms with van der Waals surface area (Å²) in [5.74, 6) is 0.882. The van der Waals surface area contributed by atoms with Crippen molar-refractivity contribution in [3.8, 4) is 22.5 Å². The third kappa shape index (κ3) is 7.03. The maximum absolute atomic E-state index is 5.31. The molecule has 0 saturated carbocycles. The molecule has 0 spiro atoms. The lowest BCUT2D eigenvalue weighted by atomic mass is 10.1. The van der Waals surface area contributed by atoms with Crippen molar-refractivity contribution in [3.05, 3.63) is 133 Å². The van der Waals surface area contributed by atoms with Gasteiger partial charge in [0, 0.05) is 99.6 Å². The Bertz CT molecular complexity index is 2570. The number of fused-ring (bicyclic) bond motifs is 2. The Kier molecular flexibility index (Phi) is 9.78. The van der Waals surface area contributed by atoms with Gasteiger partial charge >= 0.3 is 0 Å². The maximum atomic E-state index is 5.31. The zero-order chi connectivity index (χ0) is 40.7. The van der Waals surface area contributed by atoms with Crippen LogP contribution in [-0.4, -0.2) is 115 Å². The number of hydrogen-bond acceptors (Lipinski definition) is 12. The van der Waals surface area contributed by atoms with Crippen LogP contribution in [0.3, 0.4) is 0 Å². The van der Waals surface area contributed by atoms with Crippen molar-refractivity contribution in [1.82, 2.24) is 49.0 Å². The van der Waals surface area contributed by atoms with E-state index in [-0.39, 0.29) is 0 Å². The van der Waals surface area contributed by atoms with Gasteiger partial charge in [-0.3, -0.25) is 9.97 Å². The smallest absolute Gasteiger partial charge is 0.267 e. The number of hydrazine groups is 1. The quantitative estimate of drug-likeness (QED) is 0.142. The van der Waals surface area contributed by atoms with Gasteiger partial charge in [-0.2, -0.15) is 0 Å². The van der Waals surface area contributed by atoms with Crippen LogP contribution in [-0.2, 0) is 0 Å².